The Morgan fingerprint density at radius 3 is 2.32 bits per heavy atom. The maximum Gasteiger partial charge on any atom is 0.243 e. The Morgan fingerprint density at radius 2 is 1.68 bits per heavy atom. The lowest BCUT2D eigenvalue weighted by atomic mass is 10.1. The molecule has 0 spiro atoms. The van der Waals surface area contributed by atoms with Crippen molar-refractivity contribution in [2.75, 3.05) is 18.1 Å². The fourth-order valence-electron chi connectivity index (χ4n) is 4.07. The van der Waals surface area contributed by atoms with Gasteiger partial charge in [-0.3, -0.25) is 4.79 Å². The molecule has 7 heteroatoms. The number of hydrogen-bond donors (Lipinski definition) is 0. The number of aryl methyl sites for hydroxylation is 2. The van der Waals surface area contributed by atoms with Gasteiger partial charge < -0.3 is 9.64 Å². The van der Waals surface area contributed by atoms with Crippen LogP contribution in [0.3, 0.4) is 0 Å². The van der Waals surface area contributed by atoms with Crippen molar-refractivity contribution >= 4 is 21.6 Å². The molecule has 0 radical (unpaired) electrons. The third-order valence-corrected chi connectivity index (χ3v) is 7.97. The highest BCUT2D eigenvalue weighted by atomic mass is 32.2. The first kappa shape index (κ1) is 24.0. The van der Waals surface area contributed by atoms with Gasteiger partial charge in [-0.2, -0.15) is 4.31 Å². The zero-order chi connectivity index (χ0) is 24.3. The van der Waals surface area contributed by atoms with Gasteiger partial charge in [0, 0.05) is 31.3 Å². The van der Waals surface area contributed by atoms with Crippen LogP contribution in [0.1, 0.15) is 36.1 Å². The zero-order valence-corrected chi connectivity index (χ0v) is 20.6. The molecule has 3 aromatic carbocycles. The smallest absolute Gasteiger partial charge is 0.243 e. The SMILES string of the molecule is CCc1ccc(S(=O)(=O)N2CCOc3ccc(CN(C(C)=O)c4ccc(C)cc4)cc3C2)cc1. The first-order valence-corrected chi connectivity index (χ1v) is 12.9. The summed E-state index contributed by atoms with van der Waals surface area (Å²) in [4.78, 5) is 14.4. The molecule has 4 rings (SSSR count). The van der Waals surface area contributed by atoms with Crippen molar-refractivity contribution in [2.45, 2.75) is 45.2 Å². The quantitative estimate of drug-likeness (QED) is 0.515. The molecule has 0 aliphatic carbocycles. The van der Waals surface area contributed by atoms with Crippen LogP contribution in [0.25, 0.3) is 0 Å². The largest absolute Gasteiger partial charge is 0.492 e. The van der Waals surface area contributed by atoms with E-state index in [9.17, 15) is 13.2 Å². The molecule has 0 atom stereocenters. The van der Waals surface area contributed by atoms with Crippen LogP contribution >= 0.6 is 0 Å². The summed E-state index contributed by atoms with van der Waals surface area (Å²) < 4.78 is 34.0. The third-order valence-electron chi connectivity index (χ3n) is 6.11. The van der Waals surface area contributed by atoms with Crippen LogP contribution in [0.5, 0.6) is 5.75 Å². The number of benzene rings is 3. The Balaban J connectivity index is 1.59. The van der Waals surface area contributed by atoms with E-state index in [-0.39, 0.29) is 30.5 Å². The molecule has 1 heterocycles. The molecule has 0 saturated heterocycles. The number of nitrogens with zero attached hydrogens (tertiary/aromatic N) is 2. The van der Waals surface area contributed by atoms with Crippen LogP contribution in [0.15, 0.2) is 71.6 Å². The van der Waals surface area contributed by atoms with Crippen molar-refractivity contribution in [3.05, 3.63) is 89.0 Å². The molecule has 1 amide bonds. The molecule has 1 aliphatic rings. The molecule has 1 aliphatic heterocycles. The number of sulfonamides is 1. The first-order chi connectivity index (χ1) is 16.3. The lowest BCUT2D eigenvalue weighted by Crippen LogP contribution is -2.32. The number of hydrogen-bond acceptors (Lipinski definition) is 4. The van der Waals surface area contributed by atoms with Crippen molar-refractivity contribution in [2.24, 2.45) is 0 Å². The van der Waals surface area contributed by atoms with E-state index in [4.69, 9.17) is 4.74 Å². The highest BCUT2D eigenvalue weighted by Crippen LogP contribution is 2.29. The van der Waals surface area contributed by atoms with Gasteiger partial charge in [-0.05, 0) is 60.9 Å². The van der Waals surface area contributed by atoms with Crippen molar-refractivity contribution in [1.82, 2.24) is 4.31 Å². The summed E-state index contributed by atoms with van der Waals surface area (Å²) in [6.07, 6.45) is 0.855. The van der Waals surface area contributed by atoms with Crippen LogP contribution in [-0.4, -0.2) is 31.8 Å². The summed E-state index contributed by atoms with van der Waals surface area (Å²) >= 11 is 0. The predicted octanol–water partition coefficient (Wildman–Crippen LogP) is 4.69. The van der Waals surface area contributed by atoms with Gasteiger partial charge in [0.15, 0.2) is 0 Å². The fourth-order valence-corrected chi connectivity index (χ4v) is 5.47. The Kier molecular flexibility index (Phi) is 7.05. The maximum absolute atomic E-state index is 13.3. The average Bonchev–Trinajstić information content (AvgIpc) is 3.06. The number of amides is 1. The van der Waals surface area contributed by atoms with Crippen molar-refractivity contribution in [3.63, 3.8) is 0 Å². The molecule has 34 heavy (non-hydrogen) atoms. The first-order valence-electron chi connectivity index (χ1n) is 11.5. The van der Waals surface area contributed by atoms with Gasteiger partial charge in [-0.25, -0.2) is 8.42 Å². The molecule has 0 aromatic heterocycles. The van der Waals surface area contributed by atoms with Crippen molar-refractivity contribution < 1.29 is 17.9 Å². The van der Waals surface area contributed by atoms with Gasteiger partial charge in [0.25, 0.3) is 0 Å². The van der Waals surface area contributed by atoms with Crippen LogP contribution in [0.4, 0.5) is 5.69 Å². The Bertz CT molecular complexity index is 1270. The minimum Gasteiger partial charge on any atom is -0.492 e. The van der Waals surface area contributed by atoms with E-state index in [0.29, 0.717) is 12.3 Å². The molecule has 178 valence electrons. The van der Waals surface area contributed by atoms with Crippen molar-refractivity contribution in [3.8, 4) is 5.75 Å². The summed E-state index contributed by atoms with van der Waals surface area (Å²) in [6, 6.07) is 20.6. The molecule has 3 aromatic rings. The monoisotopic (exact) mass is 478 g/mol. The van der Waals surface area contributed by atoms with Gasteiger partial charge in [-0.15, -0.1) is 0 Å². The van der Waals surface area contributed by atoms with Gasteiger partial charge in [-0.1, -0.05) is 42.8 Å². The highest BCUT2D eigenvalue weighted by molar-refractivity contribution is 7.89. The topological polar surface area (TPSA) is 66.9 Å². The summed E-state index contributed by atoms with van der Waals surface area (Å²) in [6.45, 7) is 6.74. The van der Waals surface area contributed by atoms with Gasteiger partial charge in [0.05, 0.1) is 11.4 Å². The van der Waals surface area contributed by atoms with Crippen molar-refractivity contribution in [1.29, 1.82) is 0 Å². The fraction of sp³-hybridized carbons (Fsp3) is 0.296. The van der Waals surface area contributed by atoms with Crippen LogP contribution in [-0.2, 0) is 34.3 Å². The minimum atomic E-state index is -3.66. The summed E-state index contributed by atoms with van der Waals surface area (Å²) in [5, 5.41) is 0. The lowest BCUT2D eigenvalue weighted by molar-refractivity contribution is -0.116. The molecular weight excluding hydrogens is 448 g/mol. The minimum absolute atomic E-state index is 0.0604. The Labute approximate surface area is 201 Å². The second-order valence-corrected chi connectivity index (χ2v) is 10.5. The lowest BCUT2D eigenvalue weighted by Gasteiger charge is -2.23. The summed E-state index contributed by atoms with van der Waals surface area (Å²) in [5.74, 6) is 0.613. The number of anilines is 1. The zero-order valence-electron chi connectivity index (χ0n) is 19.8. The van der Waals surface area contributed by atoms with Gasteiger partial charge >= 0.3 is 0 Å². The van der Waals surface area contributed by atoms with E-state index >= 15 is 0 Å². The second-order valence-electron chi connectivity index (χ2n) is 8.57. The van der Waals surface area contributed by atoms with Gasteiger partial charge in [0.2, 0.25) is 15.9 Å². The van der Waals surface area contributed by atoms with E-state index in [1.54, 1.807) is 24.0 Å². The third kappa shape index (κ3) is 5.16. The average molecular weight is 479 g/mol. The highest BCUT2D eigenvalue weighted by Gasteiger charge is 2.28. The van der Waals surface area contributed by atoms with Crippen LogP contribution in [0.2, 0.25) is 0 Å². The number of rotatable bonds is 6. The standard InChI is InChI=1S/C27H30N2O4S/c1-4-22-7-12-26(13-8-22)34(31,32)28-15-16-33-27-14-9-23(17-24(27)19-28)18-29(21(3)30)25-10-5-20(2)6-11-25/h5-14,17H,4,15-16,18-19H2,1-3H3. The Hall–Kier alpha value is -3.16. The summed E-state index contributed by atoms with van der Waals surface area (Å²) in [7, 11) is -3.66. The number of ether oxygens (including phenoxy) is 1. The van der Waals surface area contributed by atoms with E-state index in [2.05, 4.69) is 0 Å². The Morgan fingerprint density at radius 1 is 1.00 bits per heavy atom. The number of fused-ring (bicyclic) bond motifs is 1. The van der Waals surface area contributed by atoms with Crippen LogP contribution in [0, 0.1) is 6.92 Å². The summed E-state index contributed by atoms with van der Waals surface area (Å²) in [5.41, 5.74) is 4.74. The number of carbonyl (C=O) groups excluding carboxylic acids is 1. The van der Waals surface area contributed by atoms with E-state index in [1.165, 1.54) is 4.31 Å². The second kappa shape index (κ2) is 9.99. The van der Waals surface area contributed by atoms with Gasteiger partial charge in [0.1, 0.15) is 12.4 Å². The molecule has 0 N–H and O–H groups in total. The number of carbonyl (C=O) groups is 1. The van der Waals surface area contributed by atoms with E-state index < -0.39 is 10.0 Å². The normalized spacial score (nSPS) is 14.1. The molecule has 0 saturated carbocycles. The van der Waals surface area contributed by atoms with E-state index in [0.717, 1.165) is 34.4 Å². The molecule has 0 unspecified atom stereocenters. The van der Waals surface area contributed by atoms with Crippen LogP contribution < -0.4 is 9.64 Å². The molecular formula is C27H30N2O4S. The molecule has 6 nitrogen and oxygen atoms in total. The molecule has 0 bridgehead atoms. The molecule has 0 fully saturated rings. The van der Waals surface area contributed by atoms with E-state index in [1.807, 2.05) is 68.4 Å². The predicted molar refractivity (Wildman–Crippen MR) is 133 cm³/mol. The maximum atomic E-state index is 13.3.